The van der Waals surface area contributed by atoms with Crippen molar-refractivity contribution >= 4 is 21.4 Å². The Balaban J connectivity index is 2.45. The first kappa shape index (κ1) is 15.0. The zero-order valence-electron chi connectivity index (χ0n) is 11.7. The van der Waals surface area contributed by atoms with Crippen molar-refractivity contribution in [2.45, 2.75) is 25.7 Å². The van der Waals surface area contributed by atoms with Crippen molar-refractivity contribution in [3.05, 3.63) is 45.3 Å². The Hall–Kier alpha value is -2.42. The van der Waals surface area contributed by atoms with Gasteiger partial charge in [0.2, 0.25) is 0 Å². The van der Waals surface area contributed by atoms with Crippen LogP contribution >= 0.6 is 0 Å². The number of hydrogen-bond acceptors (Lipinski definition) is 5. The molecule has 0 saturated heterocycles. The maximum Gasteiger partial charge on any atom is 0.273 e. The van der Waals surface area contributed by atoms with Crippen LogP contribution in [0.5, 0.6) is 0 Å². The van der Waals surface area contributed by atoms with Crippen LogP contribution in [0, 0.1) is 30.9 Å². The molecule has 0 bridgehead atoms. The number of rotatable bonds is 4. The maximum absolute atomic E-state index is 12.3. The Labute approximate surface area is 121 Å². The van der Waals surface area contributed by atoms with E-state index in [1.165, 1.54) is 12.1 Å². The number of aromatic nitrogens is 2. The molecule has 1 aromatic heterocycles. The Bertz CT molecular complexity index is 791. The van der Waals surface area contributed by atoms with Gasteiger partial charge in [0, 0.05) is 11.6 Å². The van der Waals surface area contributed by atoms with Gasteiger partial charge in [0.25, 0.3) is 15.7 Å². The molecule has 0 aliphatic rings. The Morgan fingerprint density at radius 3 is 2.48 bits per heavy atom. The van der Waals surface area contributed by atoms with Crippen molar-refractivity contribution in [2.75, 3.05) is 4.72 Å². The van der Waals surface area contributed by atoms with Crippen molar-refractivity contribution in [3.63, 3.8) is 0 Å². The first-order valence-corrected chi connectivity index (χ1v) is 7.50. The zero-order valence-corrected chi connectivity index (χ0v) is 12.5. The lowest BCUT2D eigenvalue weighted by Gasteiger charge is -2.08. The molecule has 0 unspecified atom stereocenters. The molecule has 2 aromatic rings. The van der Waals surface area contributed by atoms with E-state index < -0.39 is 14.9 Å². The van der Waals surface area contributed by atoms with Gasteiger partial charge >= 0.3 is 0 Å². The molecule has 21 heavy (non-hydrogen) atoms. The zero-order chi connectivity index (χ0) is 15.8. The number of aromatic amines is 1. The quantitative estimate of drug-likeness (QED) is 0.661. The lowest BCUT2D eigenvalue weighted by atomic mass is 10.2. The average molecular weight is 310 g/mol. The molecule has 0 spiro atoms. The number of nitrogens with zero attached hydrogens (tertiary/aromatic N) is 2. The number of nitro groups is 1. The first-order chi connectivity index (χ1) is 9.72. The van der Waals surface area contributed by atoms with Crippen molar-refractivity contribution in [1.29, 1.82) is 0 Å². The normalized spacial score (nSPS) is 11.4. The first-order valence-electron chi connectivity index (χ1n) is 6.02. The number of benzene rings is 1. The van der Waals surface area contributed by atoms with Crippen LogP contribution in [-0.4, -0.2) is 23.5 Å². The number of H-pyrrole nitrogens is 1. The number of nitrogens with one attached hydrogen (secondary N) is 2. The molecule has 0 atom stereocenters. The van der Waals surface area contributed by atoms with Gasteiger partial charge in [-0.3, -0.25) is 19.9 Å². The molecule has 0 aliphatic heterocycles. The summed E-state index contributed by atoms with van der Waals surface area (Å²) in [5, 5.41) is 17.5. The van der Waals surface area contributed by atoms with Crippen molar-refractivity contribution in [1.82, 2.24) is 10.2 Å². The van der Waals surface area contributed by atoms with Crippen LogP contribution in [0.25, 0.3) is 0 Å². The SMILES string of the molecule is Cc1ccc(S(=O)(=O)Nc2c(C)n[nH]c2C)cc1[N+](=O)[O-]. The molecule has 1 heterocycles. The molecule has 0 saturated carbocycles. The second-order valence-electron chi connectivity index (χ2n) is 4.62. The van der Waals surface area contributed by atoms with E-state index in [9.17, 15) is 18.5 Å². The van der Waals surface area contributed by atoms with Gasteiger partial charge in [0.1, 0.15) is 0 Å². The van der Waals surface area contributed by atoms with Gasteiger partial charge in [-0.1, -0.05) is 6.07 Å². The third-order valence-electron chi connectivity index (χ3n) is 3.05. The Morgan fingerprint density at radius 2 is 1.95 bits per heavy atom. The third-order valence-corrected chi connectivity index (χ3v) is 4.40. The van der Waals surface area contributed by atoms with Gasteiger partial charge in [-0.05, 0) is 26.8 Å². The molecule has 2 rings (SSSR count). The standard InChI is InChI=1S/C12H14N4O4S/c1-7-4-5-10(6-11(7)16(17)18)21(19,20)15-12-8(2)13-14-9(12)3/h4-6,15H,1-3H3,(H,13,14). The second kappa shape index (κ2) is 5.17. The molecular formula is C12H14N4O4S. The van der Waals surface area contributed by atoms with E-state index in [0.29, 0.717) is 22.6 Å². The summed E-state index contributed by atoms with van der Waals surface area (Å²) in [6.07, 6.45) is 0. The molecule has 2 N–H and O–H groups in total. The lowest BCUT2D eigenvalue weighted by Crippen LogP contribution is -2.14. The minimum atomic E-state index is -3.92. The summed E-state index contributed by atoms with van der Waals surface area (Å²) in [5.74, 6) is 0. The predicted molar refractivity (Wildman–Crippen MR) is 76.7 cm³/mol. The van der Waals surface area contributed by atoms with Crippen LogP contribution in [0.1, 0.15) is 17.0 Å². The van der Waals surface area contributed by atoms with Gasteiger partial charge in [-0.25, -0.2) is 8.42 Å². The summed E-state index contributed by atoms with van der Waals surface area (Å²) in [4.78, 5) is 10.1. The summed E-state index contributed by atoms with van der Waals surface area (Å²) < 4.78 is 27.0. The van der Waals surface area contributed by atoms with Crippen molar-refractivity contribution in [3.8, 4) is 0 Å². The van der Waals surface area contributed by atoms with Crippen LogP contribution in [0.15, 0.2) is 23.1 Å². The number of hydrogen-bond donors (Lipinski definition) is 2. The minimum Gasteiger partial charge on any atom is -0.280 e. The lowest BCUT2D eigenvalue weighted by molar-refractivity contribution is -0.385. The highest BCUT2D eigenvalue weighted by Crippen LogP contribution is 2.25. The van der Waals surface area contributed by atoms with Gasteiger partial charge < -0.3 is 0 Å². The van der Waals surface area contributed by atoms with E-state index in [2.05, 4.69) is 14.9 Å². The predicted octanol–water partition coefficient (Wildman–Crippen LogP) is 2.04. The summed E-state index contributed by atoms with van der Waals surface area (Å²) in [5.41, 5.74) is 1.57. The summed E-state index contributed by atoms with van der Waals surface area (Å²) in [6, 6.07) is 3.78. The fourth-order valence-corrected chi connectivity index (χ4v) is 3.05. The summed E-state index contributed by atoms with van der Waals surface area (Å²) in [7, 11) is -3.92. The number of nitro benzene ring substituents is 1. The van der Waals surface area contributed by atoms with Crippen LogP contribution in [-0.2, 0) is 10.0 Å². The van der Waals surface area contributed by atoms with E-state index in [4.69, 9.17) is 0 Å². The molecule has 8 nitrogen and oxygen atoms in total. The van der Waals surface area contributed by atoms with Crippen molar-refractivity contribution < 1.29 is 13.3 Å². The largest absolute Gasteiger partial charge is 0.280 e. The fraction of sp³-hybridized carbons (Fsp3) is 0.250. The number of anilines is 1. The Morgan fingerprint density at radius 1 is 1.29 bits per heavy atom. The van der Waals surface area contributed by atoms with Gasteiger partial charge in [0.15, 0.2) is 0 Å². The van der Waals surface area contributed by atoms with E-state index in [1.54, 1.807) is 20.8 Å². The smallest absolute Gasteiger partial charge is 0.273 e. The average Bonchev–Trinajstić information content (AvgIpc) is 2.70. The van der Waals surface area contributed by atoms with Crippen LogP contribution in [0.2, 0.25) is 0 Å². The molecule has 0 amide bonds. The van der Waals surface area contributed by atoms with E-state index in [0.717, 1.165) is 6.07 Å². The van der Waals surface area contributed by atoms with E-state index in [1.807, 2.05) is 0 Å². The highest BCUT2D eigenvalue weighted by molar-refractivity contribution is 7.92. The monoisotopic (exact) mass is 310 g/mol. The van der Waals surface area contributed by atoms with Crippen LogP contribution in [0.4, 0.5) is 11.4 Å². The summed E-state index contributed by atoms with van der Waals surface area (Å²) in [6.45, 7) is 4.88. The highest BCUT2D eigenvalue weighted by atomic mass is 32.2. The molecule has 112 valence electrons. The molecule has 9 heteroatoms. The highest BCUT2D eigenvalue weighted by Gasteiger charge is 2.21. The van der Waals surface area contributed by atoms with Gasteiger partial charge in [-0.15, -0.1) is 0 Å². The van der Waals surface area contributed by atoms with Crippen molar-refractivity contribution in [2.24, 2.45) is 0 Å². The van der Waals surface area contributed by atoms with Gasteiger partial charge in [-0.2, -0.15) is 5.10 Å². The number of sulfonamides is 1. The third kappa shape index (κ3) is 2.87. The molecular weight excluding hydrogens is 296 g/mol. The maximum atomic E-state index is 12.3. The van der Waals surface area contributed by atoms with Gasteiger partial charge in [0.05, 0.1) is 26.9 Å². The molecule has 1 aromatic carbocycles. The molecule has 0 fully saturated rings. The summed E-state index contributed by atoms with van der Waals surface area (Å²) >= 11 is 0. The Kier molecular flexibility index (Phi) is 3.69. The molecule has 0 aliphatic carbocycles. The van der Waals surface area contributed by atoms with Crippen LogP contribution in [0.3, 0.4) is 0 Å². The second-order valence-corrected chi connectivity index (χ2v) is 6.30. The fourth-order valence-electron chi connectivity index (χ4n) is 1.85. The minimum absolute atomic E-state index is 0.167. The molecule has 0 radical (unpaired) electrons. The number of aryl methyl sites for hydroxylation is 3. The van der Waals surface area contributed by atoms with E-state index >= 15 is 0 Å². The van der Waals surface area contributed by atoms with E-state index in [-0.39, 0.29) is 10.6 Å². The van der Waals surface area contributed by atoms with Crippen LogP contribution < -0.4 is 4.72 Å². The topological polar surface area (TPSA) is 118 Å².